The summed E-state index contributed by atoms with van der Waals surface area (Å²) in [6, 6.07) is 7.11. The predicted molar refractivity (Wildman–Crippen MR) is 108 cm³/mol. The second kappa shape index (κ2) is 8.13. The van der Waals surface area contributed by atoms with Gasteiger partial charge in [0, 0.05) is 25.2 Å². The molecule has 2 atom stereocenters. The van der Waals surface area contributed by atoms with E-state index in [0.29, 0.717) is 18.8 Å². The van der Waals surface area contributed by atoms with Crippen LogP contribution in [0.3, 0.4) is 0 Å². The Kier molecular flexibility index (Phi) is 5.97. The van der Waals surface area contributed by atoms with Crippen LogP contribution >= 0.6 is 11.6 Å². The van der Waals surface area contributed by atoms with Gasteiger partial charge in [-0.25, -0.2) is 12.8 Å². The van der Waals surface area contributed by atoms with Crippen molar-refractivity contribution in [1.29, 1.82) is 0 Å². The van der Waals surface area contributed by atoms with Crippen molar-refractivity contribution in [2.24, 2.45) is 0 Å². The van der Waals surface area contributed by atoms with E-state index in [1.54, 1.807) is 0 Å². The first kappa shape index (κ1) is 21.3. The van der Waals surface area contributed by atoms with Gasteiger partial charge in [-0.15, -0.1) is 0 Å². The highest BCUT2D eigenvalue weighted by Gasteiger charge is 2.25. The van der Waals surface area contributed by atoms with Gasteiger partial charge in [-0.1, -0.05) is 11.6 Å². The fraction of sp³-hybridized carbons (Fsp3) is 0.333. The van der Waals surface area contributed by atoms with Crippen molar-refractivity contribution in [2.45, 2.75) is 31.0 Å². The van der Waals surface area contributed by atoms with Gasteiger partial charge in [0.05, 0.1) is 33.4 Å². The first-order valence-corrected chi connectivity index (χ1v) is 10.6. The van der Waals surface area contributed by atoms with Gasteiger partial charge in [0.25, 0.3) is 15.7 Å². The zero-order valence-electron chi connectivity index (χ0n) is 15.6. The quantitative estimate of drug-likeness (QED) is 0.557. The van der Waals surface area contributed by atoms with Crippen LogP contribution < -0.4 is 9.62 Å². The number of sulfonamides is 1. The number of hydrogen-bond acceptors (Lipinski definition) is 6. The lowest BCUT2D eigenvalue weighted by Gasteiger charge is -2.37. The Labute approximate surface area is 172 Å². The maximum atomic E-state index is 14.7. The third-order valence-electron chi connectivity index (χ3n) is 4.38. The monoisotopic (exact) mass is 443 g/mol. The van der Waals surface area contributed by atoms with Gasteiger partial charge in [-0.05, 0) is 38.1 Å². The SMILES string of the molecule is CC1CN(c2ccc(NS(=O)(=O)c3ccc(Cl)c([N+](=O)[O-])c3)cc2F)CC(C)O1. The summed E-state index contributed by atoms with van der Waals surface area (Å²) in [5.74, 6) is -0.589. The standard InChI is InChI=1S/C18H19ClFN3O5S/c1-11-9-22(10-12(2)28-11)17-6-3-13(7-16(17)20)21-29(26,27)14-4-5-15(19)18(8-14)23(24)25/h3-8,11-12,21H,9-10H2,1-2H3. The first-order valence-electron chi connectivity index (χ1n) is 8.73. The van der Waals surface area contributed by atoms with E-state index in [1.807, 2.05) is 18.7 Å². The van der Waals surface area contributed by atoms with E-state index in [-0.39, 0.29) is 27.8 Å². The molecule has 3 rings (SSSR count). The molecule has 0 aromatic heterocycles. The number of rotatable bonds is 5. The van der Waals surface area contributed by atoms with Gasteiger partial charge in [0.2, 0.25) is 0 Å². The maximum Gasteiger partial charge on any atom is 0.289 e. The molecule has 1 aliphatic heterocycles. The van der Waals surface area contributed by atoms with Crippen molar-refractivity contribution in [3.8, 4) is 0 Å². The Bertz CT molecular complexity index is 1040. The lowest BCUT2D eigenvalue weighted by atomic mass is 10.2. The molecule has 0 bridgehead atoms. The van der Waals surface area contributed by atoms with Crippen molar-refractivity contribution >= 4 is 38.7 Å². The summed E-state index contributed by atoms with van der Waals surface area (Å²) < 4.78 is 47.6. The number of hydrogen-bond donors (Lipinski definition) is 1. The third kappa shape index (κ3) is 4.77. The minimum Gasteiger partial charge on any atom is -0.372 e. The number of halogens is 2. The molecule has 2 unspecified atom stereocenters. The Morgan fingerprint density at radius 2 is 1.86 bits per heavy atom. The molecule has 8 nitrogen and oxygen atoms in total. The lowest BCUT2D eigenvalue weighted by Crippen LogP contribution is -2.45. The summed E-state index contributed by atoms with van der Waals surface area (Å²) in [7, 11) is -4.17. The molecule has 2 aromatic carbocycles. The molecule has 156 valence electrons. The smallest absolute Gasteiger partial charge is 0.289 e. The topological polar surface area (TPSA) is 102 Å². The van der Waals surface area contributed by atoms with Crippen LogP contribution in [0.1, 0.15) is 13.8 Å². The summed E-state index contributed by atoms with van der Waals surface area (Å²) in [5, 5.41) is 10.8. The van der Waals surface area contributed by atoms with Crippen LogP contribution in [0.5, 0.6) is 0 Å². The lowest BCUT2D eigenvalue weighted by molar-refractivity contribution is -0.384. The van der Waals surface area contributed by atoms with E-state index in [4.69, 9.17) is 16.3 Å². The number of anilines is 2. The fourth-order valence-corrected chi connectivity index (χ4v) is 4.47. The van der Waals surface area contributed by atoms with Crippen LogP contribution in [0.2, 0.25) is 5.02 Å². The molecule has 29 heavy (non-hydrogen) atoms. The number of ether oxygens (including phenoxy) is 1. The van der Waals surface area contributed by atoms with E-state index in [9.17, 15) is 22.9 Å². The molecule has 1 aliphatic rings. The van der Waals surface area contributed by atoms with Gasteiger partial charge in [0.1, 0.15) is 10.8 Å². The van der Waals surface area contributed by atoms with Crippen molar-refractivity contribution in [3.05, 3.63) is 57.4 Å². The maximum absolute atomic E-state index is 14.7. The molecule has 0 aliphatic carbocycles. The summed E-state index contributed by atoms with van der Waals surface area (Å²) in [6.07, 6.45) is -0.117. The van der Waals surface area contributed by atoms with Gasteiger partial charge in [-0.3, -0.25) is 14.8 Å². The van der Waals surface area contributed by atoms with Crippen molar-refractivity contribution < 1.29 is 22.5 Å². The highest BCUT2D eigenvalue weighted by Crippen LogP contribution is 2.30. The van der Waals surface area contributed by atoms with Gasteiger partial charge < -0.3 is 9.64 Å². The number of nitrogens with one attached hydrogen (secondary N) is 1. The van der Waals surface area contributed by atoms with Crippen LogP contribution in [0, 0.1) is 15.9 Å². The molecular weight excluding hydrogens is 425 g/mol. The highest BCUT2D eigenvalue weighted by atomic mass is 35.5. The second-order valence-electron chi connectivity index (χ2n) is 6.80. The summed E-state index contributed by atoms with van der Waals surface area (Å²) in [5.41, 5.74) is -0.193. The summed E-state index contributed by atoms with van der Waals surface area (Å²) in [6.45, 7) is 4.82. The number of benzene rings is 2. The molecule has 1 saturated heterocycles. The van der Waals surface area contributed by atoms with Crippen LogP contribution in [-0.2, 0) is 14.8 Å². The molecule has 0 saturated carbocycles. The number of nitro groups is 1. The Balaban J connectivity index is 1.84. The zero-order valence-corrected chi connectivity index (χ0v) is 17.2. The van der Waals surface area contributed by atoms with Crippen LogP contribution in [0.25, 0.3) is 0 Å². The number of morpholine rings is 1. The largest absolute Gasteiger partial charge is 0.372 e. The summed E-state index contributed by atoms with van der Waals surface area (Å²) in [4.78, 5) is 11.7. The minimum atomic E-state index is -4.17. The normalized spacial score (nSPS) is 19.8. The predicted octanol–water partition coefficient (Wildman–Crippen LogP) is 3.80. The average molecular weight is 444 g/mol. The fourth-order valence-electron chi connectivity index (χ4n) is 3.22. The van der Waals surface area contributed by atoms with Crippen LogP contribution in [-0.4, -0.2) is 38.6 Å². The molecule has 0 radical (unpaired) electrons. The molecule has 0 spiro atoms. The van der Waals surface area contributed by atoms with E-state index in [1.165, 1.54) is 12.1 Å². The minimum absolute atomic E-state index is 0.00166. The van der Waals surface area contributed by atoms with Gasteiger partial charge >= 0.3 is 0 Å². The van der Waals surface area contributed by atoms with E-state index < -0.39 is 26.5 Å². The Morgan fingerprint density at radius 1 is 1.21 bits per heavy atom. The zero-order chi connectivity index (χ0) is 21.3. The molecule has 1 heterocycles. The van der Waals surface area contributed by atoms with Crippen LogP contribution in [0.4, 0.5) is 21.5 Å². The molecule has 11 heteroatoms. The van der Waals surface area contributed by atoms with E-state index >= 15 is 0 Å². The van der Waals surface area contributed by atoms with E-state index in [0.717, 1.165) is 24.3 Å². The molecule has 2 aromatic rings. The Morgan fingerprint density at radius 3 is 2.45 bits per heavy atom. The molecule has 0 amide bonds. The molecule has 1 N–H and O–H groups in total. The number of nitro benzene ring substituents is 1. The average Bonchev–Trinajstić information content (AvgIpc) is 2.60. The molecule has 1 fully saturated rings. The van der Waals surface area contributed by atoms with Crippen LogP contribution in [0.15, 0.2) is 41.3 Å². The van der Waals surface area contributed by atoms with Crippen molar-refractivity contribution in [1.82, 2.24) is 0 Å². The first-order chi connectivity index (χ1) is 13.6. The Hall–Kier alpha value is -2.43. The van der Waals surface area contributed by atoms with Crippen molar-refractivity contribution in [2.75, 3.05) is 22.7 Å². The third-order valence-corrected chi connectivity index (χ3v) is 6.08. The van der Waals surface area contributed by atoms with Crippen molar-refractivity contribution in [3.63, 3.8) is 0 Å². The summed E-state index contributed by atoms with van der Waals surface area (Å²) >= 11 is 5.71. The van der Waals surface area contributed by atoms with E-state index in [2.05, 4.69) is 4.72 Å². The second-order valence-corrected chi connectivity index (χ2v) is 8.89. The van der Waals surface area contributed by atoms with Gasteiger partial charge in [-0.2, -0.15) is 0 Å². The molecular formula is C18H19ClFN3O5S. The highest BCUT2D eigenvalue weighted by molar-refractivity contribution is 7.92. The number of nitrogens with zero attached hydrogens (tertiary/aromatic N) is 2. The van der Waals surface area contributed by atoms with Gasteiger partial charge in [0.15, 0.2) is 0 Å².